The van der Waals surface area contributed by atoms with Crippen LogP contribution in [0.4, 0.5) is 0 Å². The number of hydrogen-bond acceptors (Lipinski definition) is 3. The molecule has 1 saturated carbocycles. The number of nitrogens with one attached hydrogen (secondary N) is 1. The zero-order chi connectivity index (χ0) is 10.4. The quantitative estimate of drug-likeness (QED) is 0.445. The molecule has 0 aromatic heterocycles. The van der Waals surface area contributed by atoms with Crippen LogP contribution in [0, 0.1) is 17.8 Å². The van der Waals surface area contributed by atoms with Gasteiger partial charge in [-0.25, -0.2) is 0 Å². The third-order valence-corrected chi connectivity index (χ3v) is 4.50. The Hall–Kier alpha value is 0.170. The van der Waals surface area contributed by atoms with Crippen molar-refractivity contribution in [2.75, 3.05) is 13.7 Å². The van der Waals surface area contributed by atoms with Crippen LogP contribution in [0.2, 0.25) is 0 Å². The zero-order valence-electron chi connectivity index (χ0n) is 8.99. The van der Waals surface area contributed by atoms with Gasteiger partial charge in [-0.2, -0.15) is 0 Å². The average molecular weight is 232 g/mol. The van der Waals surface area contributed by atoms with Crippen molar-refractivity contribution in [3.05, 3.63) is 0 Å². The smallest absolute Gasteiger partial charge is 0.184 e. The highest BCUT2D eigenvalue weighted by Gasteiger charge is 2.51. The summed E-state index contributed by atoms with van der Waals surface area (Å²) in [5, 5.41) is 3.35. The summed E-state index contributed by atoms with van der Waals surface area (Å²) in [6, 6.07) is 0. The van der Waals surface area contributed by atoms with Gasteiger partial charge in [0, 0.05) is 7.11 Å². The average Bonchev–Trinajstić information content (AvgIpc) is 2.91. The van der Waals surface area contributed by atoms with E-state index in [1.807, 2.05) is 0 Å². The largest absolute Gasteiger partial charge is 0.353 e. The maximum absolute atomic E-state index is 6.12. The molecule has 15 heavy (non-hydrogen) atoms. The number of rotatable bonds is 2. The number of methoxy groups -OCH3 is 1. The Morgan fingerprint density at radius 3 is 2.73 bits per heavy atom. The van der Waals surface area contributed by atoms with E-state index in [9.17, 15) is 0 Å². The second-order valence-corrected chi connectivity index (χ2v) is 5.59. The molecule has 6 unspecified atom stereocenters. The van der Waals surface area contributed by atoms with Crippen molar-refractivity contribution in [3.63, 3.8) is 0 Å². The molecule has 0 aromatic rings. The number of piperidine rings is 1. The second kappa shape index (κ2) is 3.88. The van der Waals surface area contributed by atoms with Crippen molar-refractivity contribution in [1.82, 2.24) is 5.32 Å². The Bertz CT molecular complexity index is 251. The van der Waals surface area contributed by atoms with E-state index in [4.69, 9.17) is 21.1 Å². The molecular formula is C11H18ClNO2. The van der Waals surface area contributed by atoms with Crippen LogP contribution in [-0.4, -0.2) is 31.5 Å². The Morgan fingerprint density at radius 1 is 1.20 bits per heavy atom. The van der Waals surface area contributed by atoms with Crippen LogP contribution in [0.25, 0.3) is 0 Å². The first kappa shape index (κ1) is 10.3. The lowest BCUT2D eigenvalue weighted by molar-refractivity contribution is 0.0950. The first-order valence-corrected chi connectivity index (χ1v) is 6.27. The Labute approximate surface area is 95.5 Å². The van der Waals surface area contributed by atoms with Crippen LogP contribution in [-0.2, 0) is 9.47 Å². The van der Waals surface area contributed by atoms with E-state index in [0.29, 0.717) is 12.0 Å². The zero-order valence-corrected chi connectivity index (χ0v) is 9.74. The maximum atomic E-state index is 6.12. The molecular weight excluding hydrogens is 214 g/mol. The van der Waals surface area contributed by atoms with Gasteiger partial charge in [0.2, 0.25) is 0 Å². The number of alkyl halides is 1. The first-order valence-electron chi connectivity index (χ1n) is 5.83. The van der Waals surface area contributed by atoms with Crippen molar-refractivity contribution in [1.29, 1.82) is 0 Å². The standard InChI is InChI=1S/C11H18ClNO2/c1-14-11-10(15-11)7-2-6-4-9(12)13-5-8(6)3-7/h6-11,13H,2-5H2,1H3. The van der Waals surface area contributed by atoms with Crippen LogP contribution >= 0.6 is 11.6 Å². The normalized spacial score (nSPS) is 54.0. The Balaban J connectivity index is 1.58. The third-order valence-electron chi connectivity index (χ3n) is 4.17. The van der Waals surface area contributed by atoms with E-state index in [2.05, 4.69) is 5.32 Å². The van der Waals surface area contributed by atoms with E-state index < -0.39 is 0 Å². The van der Waals surface area contributed by atoms with Gasteiger partial charge in [-0.3, -0.25) is 0 Å². The van der Waals surface area contributed by atoms with Crippen LogP contribution in [0.3, 0.4) is 0 Å². The molecule has 4 heteroatoms. The van der Waals surface area contributed by atoms with E-state index >= 15 is 0 Å². The number of epoxide rings is 1. The lowest BCUT2D eigenvalue weighted by Gasteiger charge is -2.29. The van der Waals surface area contributed by atoms with E-state index in [1.165, 1.54) is 12.8 Å². The van der Waals surface area contributed by atoms with E-state index in [1.54, 1.807) is 7.11 Å². The molecule has 3 fully saturated rings. The Morgan fingerprint density at radius 2 is 2.00 bits per heavy atom. The van der Waals surface area contributed by atoms with Gasteiger partial charge >= 0.3 is 0 Å². The minimum absolute atomic E-state index is 0.0786. The van der Waals surface area contributed by atoms with Crippen molar-refractivity contribution in [2.24, 2.45) is 17.8 Å². The lowest BCUT2D eigenvalue weighted by atomic mass is 9.90. The van der Waals surface area contributed by atoms with Crippen molar-refractivity contribution in [2.45, 2.75) is 37.2 Å². The predicted molar refractivity (Wildman–Crippen MR) is 57.6 cm³/mol. The molecule has 2 saturated heterocycles. The lowest BCUT2D eigenvalue weighted by Crippen LogP contribution is -2.38. The summed E-state index contributed by atoms with van der Waals surface area (Å²) >= 11 is 6.12. The summed E-state index contributed by atoms with van der Waals surface area (Å²) in [4.78, 5) is 0. The fraction of sp³-hybridized carbons (Fsp3) is 1.00. The van der Waals surface area contributed by atoms with Crippen LogP contribution in [0.1, 0.15) is 19.3 Å². The predicted octanol–water partition coefficient (Wildman–Crippen LogP) is 1.56. The minimum Gasteiger partial charge on any atom is -0.353 e. The highest BCUT2D eigenvalue weighted by atomic mass is 35.5. The molecule has 3 aliphatic rings. The molecule has 0 radical (unpaired) electrons. The molecule has 0 amide bonds. The molecule has 0 spiro atoms. The van der Waals surface area contributed by atoms with Crippen molar-refractivity contribution < 1.29 is 9.47 Å². The molecule has 6 atom stereocenters. The fourth-order valence-electron chi connectivity index (χ4n) is 3.33. The summed E-state index contributed by atoms with van der Waals surface area (Å²) in [5.41, 5.74) is 0.184. The third kappa shape index (κ3) is 1.91. The van der Waals surface area contributed by atoms with Crippen molar-refractivity contribution in [3.8, 4) is 0 Å². The summed E-state index contributed by atoms with van der Waals surface area (Å²) in [7, 11) is 1.73. The minimum atomic E-state index is 0.0786. The topological polar surface area (TPSA) is 33.8 Å². The van der Waals surface area contributed by atoms with Gasteiger partial charge in [0.1, 0.15) is 6.10 Å². The van der Waals surface area contributed by atoms with Gasteiger partial charge in [-0.15, -0.1) is 11.6 Å². The van der Waals surface area contributed by atoms with Gasteiger partial charge in [0.15, 0.2) is 6.29 Å². The molecule has 0 bridgehead atoms. The molecule has 1 aliphatic carbocycles. The van der Waals surface area contributed by atoms with Gasteiger partial charge in [-0.1, -0.05) is 0 Å². The maximum Gasteiger partial charge on any atom is 0.184 e. The van der Waals surface area contributed by atoms with E-state index in [-0.39, 0.29) is 11.8 Å². The summed E-state index contributed by atoms with van der Waals surface area (Å²) in [6.07, 6.45) is 4.13. The van der Waals surface area contributed by atoms with Crippen molar-refractivity contribution >= 4 is 11.6 Å². The second-order valence-electron chi connectivity index (χ2n) is 5.07. The molecule has 1 N–H and O–H groups in total. The van der Waals surface area contributed by atoms with Gasteiger partial charge in [-0.05, 0) is 43.6 Å². The summed E-state index contributed by atoms with van der Waals surface area (Å²) in [6.45, 7) is 1.08. The van der Waals surface area contributed by atoms with Gasteiger partial charge in [0.05, 0.1) is 5.50 Å². The monoisotopic (exact) mass is 231 g/mol. The molecule has 3 rings (SSSR count). The van der Waals surface area contributed by atoms with Crippen LogP contribution < -0.4 is 5.32 Å². The highest BCUT2D eigenvalue weighted by molar-refractivity contribution is 6.20. The van der Waals surface area contributed by atoms with Gasteiger partial charge < -0.3 is 14.8 Å². The van der Waals surface area contributed by atoms with Crippen LogP contribution in [0.15, 0.2) is 0 Å². The fourth-order valence-corrected chi connectivity index (χ4v) is 3.64. The molecule has 0 aromatic carbocycles. The SMILES string of the molecule is COC1OC1C1CC2CNC(Cl)CC2C1. The highest BCUT2D eigenvalue weighted by Crippen LogP contribution is 2.47. The number of hydrogen-bond donors (Lipinski definition) is 1. The number of ether oxygens (including phenoxy) is 2. The molecule has 86 valence electrons. The number of halogens is 1. The Kier molecular flexibility index (Phi) is 2.67. The molecule has 3 nitrogen and oxygen atoms in total. The first-order chi connectivity index (χ1) is 7.28. The van der Waals surface area contributed by atoms with Crippen LogP contribution in [0.5, 0.6) is 0 Å². The molecule has 2 heterocycles. The number of fused-ring (bicyclic) bond motifs is 1. The van der Waals surface area contributed by atoms with Gasteiger partial charge in [0.25, 0.3) is 0 Å². The summed E-state index contributed by atoms with van der Waals surface area (Å²) < 4.78 is 10.7. The summed E-state index contributed by atoms with van der Waals surface area (Å²) in [5.74, 6) is 2.32. The molecule has 2 aliphatic heterocycles. The van der Waals surface area contributed by atoms with E-state index in [0.717, 1.165) is 24.8 Å².